The van der Waals surface area contributed by atoms with E-state index in [4.69, 9.17) is 4.74 Å². The number of carbonyl (C=O) groups excluding carboxylic acids is 7. The molecule has 1 saturated heterocycles. The van der Waals surface area contributed by atoms with Crippen LogP contribution in [-0.4, -0.2) is 114 Å². The summed E-state index contributed by atoms with van der Waals surface area (Å²) in [5, 5.41) is 21.4. The summed E-state index contributed by atoms with van der Waals surface area (Å²) in [6, 6.07) is 23.7. The van der Waals surface area contributed by atoms with E-state index >= 15 is 0 Å². The maximum atomic E-state index is 14.9. The van der Waals surface area contributed by atoms with Crippen molar-refractivity contribution in [1.29, 1.82) is 0 Å². The minimum Gasteiger partial charge on any atom is -0.372 e. The van der Waals surface area contributed by atoms with E-state index in [-0.39, 0.29) is 86.0 Å². The van der Waals surface area contributed by atoms with Crippen LogP contribution < -0.4 is 37.2 Å². The Hall–Kier alpha value is -6.95. The van der Waals surface area contributed by atoms with Gasteiger partial charge in [0.1, 0.15) is 24.2 Å². The quantitative estimate of drug-likeness (QED) is 0.0622. The molecule has 7 N–H and O–H groups in total. The van der Waals surface area contributed by atoms with Crippen molar-refractivity contribution in [2.24, 2.45) is 10.8 Å². The molecule has 4 aliphatic rings. The van der Waals surface area contributed by atoms with Crippen LogP contribution in [0.25, 0.3) is 0 Å². The maximum Gasteiger partial charge on any atom is 0.255 e. The second-order valence-electron chi connectivity index (χ2n) is 24.4. The summed E-state index contributed by atoms with van der Waals surface area (Å²) in [6.07, 6.45) is 5.18. The fraction of sp³-hybridized carbons (Fsp3) is 0.508. The molecule has 0 saturated carbocycles. The SMILES string of the molecule is CNC(C)C(=O)NC(C(=O)N1Cc2cc(NC(=O)c3cccc(CO[C@H]4C[C@@H](C(=O)N[C@@H]5CCCc6ccccc65)N(C(=O)C(NC(=O)C(C)NC)C(C)(C)C)C4)c3)ccc2CC1C(=O)N[C@@H]1CCCc2ccccc21)C(C)(C)C. The third-order valence-electron chi connectivity index (χ3n) is 16.5. The molecule has 5 unspecified atom stereocenters. The van der Waals surface area contributed by atoms with E-state index in [0.717, 1.165) is 60.8 Å². The highest BCUT2D eigenvalue weighted by Crippen LogP contribution is 2.35. The molecule has 428 valence electrons. The van der Waals surface area contributed by atoms with Gasteiger partial charge >= 0.3 is 0 Å². The summed E-state index contributed by atoms with van der Waals surface area (Å²) in [5.74, 6) is -2.34. The van der Waals surface area contributed by atoms with Crippen molar-refractivity contribution in [3.8, 4) is 0 Å². The number of likely N-dealkylation sites (N-methyl/N-ethyl adjacent to an activating group) is 2. The molecule has 8 rings (SSSR count). The Morgan fingerprint density at radius 2 is 1.15 bits per heavy atom. The lowest BCUT2D eigenvalue weighted by molar-refractivity contribution is -0.147. The molecule has 4 aromatic carbocycles. The smallest absolute Gasteiger partial charge is 0.255 e. The number of carbonyl (C=O) groups is 7. The lowest BCUT2D eigenvalue weighted by atomic mass is 9.83. The molecule has 80 heavy (non-hydrogen) atoms. The van der Waals surface area contributed by atoms with Crippen molar-refractivity contribution < 1.29 is 38.3 Å². The number of nitrogens with zero attached hydrogens (tertiary/aromatic N) is 2. The summed E-state index contributed by atoms with van der Waals surface area (Å²) >= 11 is 0. The molecule has 17 heteroatoms. The zero-order valence-electron chi connectivity index (χ0n) is 48.3. The summed E-state index contributed by atoms with van der Waals surface area (Å²) < 4.78 is 6.51. The molecule has 2 aliphatic carbocycles. The lowest BCUT2D eigenvalue weighted by Crippen LogP contribution is -2.62. The van der Waals surface area contributed by atoms with E-state index in [9.17, 15) is 33.6 Å². The minimum absolute atomic E-state index is 0.0658. The summed E-state index contributed by atoms with van der Waals surface area (Å²) in [4.78, 5) is 102. The van der Waals surface area contributed by atoms with Gasteiger partial charge in [0.05, 0.1) is 36.9 Å². The summed E-state index contributed by atoms with van der Waals surface area (Å²) in [5.41, 5.74) is 6.35. The van der Waals surface area contributed by atoms with E-state index in [0.29, 0.717) is 16.8 Å². The van der Waals surface area contributed by atoms with E-state index in [1.165, 1.54) is 11.1 Å². The zero-order valence-corrected chi connectivity index (χ0v) is 48.3. The first-order valence-corrected chi connectivity index (χ1v) is 28.5. The third-order valence-corrected chi connectivity index (χ3v) is 16.5. The third kappa shape index (κ3) is 13.8. The van der Waals surface area contributed by atoms with Crippen LogP contribution in [0.5, 0.6) is 0 Å². The fourth-order valence-electron chi connectivity index (χ4n) is 11.5. The van der Waals surface area contributed by atoms with Crippen molar-refractivity contribution in [3.05, 3.63) is 136 Å². The molecule has 4 aromatic rings. The Morgan fingerprint density at radius 3 is 1.70 bits per heavy atom. The highest BCUT2D eigenvalue weighted by Gasteiger charge is 2.47. The van der Waals surface area contributed by atoms with Gasteiger partial charge in [-0.1, -0.05) is 108 Å². The first-order chi connectivity index (χ1) is 38.0. The fourth-order valence-corrected chi connectivity index (χ4v) is 11.5. The van der Waals surface area contributed by atoms with Gasteiger partial charge in [-0.25, -0.2) is 0 Å². The highest BCUT2D eigenvalue weighted by atomic mass is 16.5. The van der Waals surface area contributed by atoms with Crippen molar-refractivity contribution in [1.82, 2.24) is 41.7 Å². The van der Waals surface area contributed by atoms with Crippen molar-refractivity contribution >= 4 is 47.0 Å². The second kappa shape index (κ2) is 25.2. The predicted octanol–water partition coefficient (Wildman–Crippen LogP) is 6.34. The molecule has 0 aromatic heterocycles. The number of ether oxygens (including phenoxy) is 1. The predicted molar refractivity (Wildman–Crippen MR) is 308 cm³/mol. The standard InChI is InChI=1S/C63H83N9O8/c1-37(64-9)55(73)69-53(62(3,4)5)60(78)71-34-44-31-45(29-28-42(44)32-51(71)58(76)67-49-26-16-21-40-19-11-13-24-47(40)49)66-57(75)43-23-15-18-39(30-43)36-80-46-33-52(59(77)68-50-27-17-22-41-20-12-14-25-48(41)50)72(35-46)61(79)54(63(6,7)8)70-56(74)38(2)65-10/h11-15,18-20,23-25,28-31,37-38,46,49-54,64-65H,16-17,21-22,26-27,32-36H2,1-10H3,(H,66,75)(H,67,76)(H,68,77)(H,69,73)(H,70,74)/t37?,38?,46-,49+,50+,51?,52-,53?,54?/m0/s1. The van der Waals surface area contributed by atoms with Crippen LogP contribution in [0, 0.1) is 10.8 Å². The largest absolute Gasteiger partial charge is 0.372 e. The lowest BCUT2D eigenvalue weighted by Gasteiger charge is -2.42. The molecule has 0 radical (unpaired) electrons. The first-order valence-electron chi connectivity index (χ1n) is 28.5. The van der Waals surface area contributed by atoms with Gasteiger partial charge in [-0.05, 0) is 141 Å². The first kappa shape index (κ1) is 59.2. The van der Waals surface area contributed by atoms with Crippen LogP contribution in [0.15, 0.2) is 91.0 Å². The van der Waals surface area contributed by atoms with E-state index in [2.05, 4.69) is 55.4 Å². The number of fused-ring (bicyclic) bond motifs is 3. The van der Waals surface area contributed by atoms with Crippen molar-refractivity contribution in [2.75, 3.05) is 26.0 Å². The van der Waals surface area contributed by atoms with Gasteiger partial charge in [0.25, 0.3) is 5.91 Å². The Labute approximate surface area is 471 Å². The average Bonchev–Trinajstić information content (AvgIpc) is 3.92. The number of rotatable bonds is 17. The van der Waals surface area contributed by atoms with Crippen molar-refractivity contribution in [3.63, 3.8) is 0 Å². The molecule has 1 fully saturated rings. The monoisotopic (exact) mass is 1090 g/mol. The number of aryl methyl sites for hydroxylation is 2. The molecular weight excluding hydrogens is 1010 g/mol. The number of benzene rings is 4. The van der Waals surface area contributed by atoms with Crippen LogP contribution in [0.3, 0.4) is 0 Å². The molecule has 9 atom stereocenters. The number of hydrogen-bond acceptors (Lipinski definition) is 10. The molecule has 0 bridgehead atoms. The zero-order chi connectivity index (χ0) is 57.6. The maximum absolute atomic E-state index is 14.9. The van der Waals surface area contributed by atoms with Crippen LogP contribution in [-0.2, 0) is 65.9 Å². The van der Waals surface area contributed by atoms with Crippen LogP contribution in [0.1, 0.15) is 149 Å². The summed E-state index contributed by atoms with van der Waals surface area (Å²) in [6.45, 7) is 15.0. The van der Waals surface area contributed by atoms with Gasteiger partial charge in [-0.3, -0.25) is 33.6 Å². The Bertz CT molecular complexity index is 2950. The molecule has 17 nitrogen and oxygen atoms in total. The van der Waals surface area contributed by atoms with Crippen LogP contribution >= 0.6 is 0 Å². The molecule has 2 aliphatic heterocycles. The number of amides is 7. The summed E-state index contributed by atoms with van der Waals surface area (Å²) in [7, 11) is 3.36. The number of hydrogen-bond donors (Lipinski definition) is 7. The van der Waals surface area contributed by atoms with E-state index in [1.807, 2.05) is 90.1 Å². The van der Waals surface area contributed by atoms with Gasteiger partial charge in [-0.15, -0.1) is 0 Å². The van der Waals surface area contributed by atoms with Gasteiger partial charge in [0.15, 0.2) is 0 Å². The number of anilines is 1. The van der Waals surface area contributed by atoms with Gasteiger partial charge in [0.2, 0.25) is 35.4 Å². The van der Waals surface area contributed by atoms with E-state index in [1.54, 1.807) is 62.0 Å². The molecular formula is C63H83N9O8. The topological polar surface area (TPSA) is 219 Å². The molecule has 2 heterocycles. The van der Waals surface area contributed by atoms with Crippen molar-refractivity contribution in [2.45, 2.75) is 174 Å². The Kier molecular flexibility index (Phi) is 18.7. The van der Waals surface area contributed by atoms with Crippen LogP contribution in [0.4, 0.5) is 5.69 Å². The Balaban J connectivity index is 0.982. The normalized spacial score (nSPS) is 21.3. The van der Waals surface area contributed by atoms with Gasteiger partial charge < -0.3 is 51.8 Å². The molecule has 0 spiro atoms. The Morgan fingerprint density at radius 1 is 0.613 bits per heavy atom. The highest BCUT2D eigenvalue weighted by molar-refractivity contribution is 6.04. The average molecular weight is 1090 g/mol. The molecule has 7 amide bonds. The van der Waals surface area contributed by atoms with Gasteiger partial charge in [0, 0.05) is 37.2 Å². The number of nitrogens with one attached hydrogen (secondary N) is 7. The second-order valence-corrected chi connectivity index (χ2v) is 24.4. The number of likely N-dealkylation sites (tertiary alicyclic amines) is 1. The van der Waals surface area contributed by atoms with Crippen LogP contribution in [0.2, 0.25) is 0 Å². The van der Waals surface area contributed by atoms with E-state index < -0.39 is 53.2 Å². The minimum atomic E-state index is -0.953. The van der Waals surface area contributed by atoms with Gasteiger partial charge in [-0.2, -0.15) is 0 Å².